The van der Waals surface area contributed by atoms with Crippen LogP contribution in [0.1, 0.15) is 28.7 Å². The van der Waals surface area contributed by atoms with E-state index in [1.807, 2.05) is 12.1 Å². The average Bonchev–Trinajstić information content (AvgIpc) is 2.67. The Bertz CT molecular complexity index is 1030. The van der Waals surface area contributed by atoms with Gasteiger partial charge in [0.05, 0.1) is 4.90 Å². The first kappa shape index (κ1) is 21.5. The van der Waals surface area contributed by atoms with E-state index >= 15 is 0 Å². The van der Waals surface area contributed by atoms with Crippen molar-refractivity contribution in [2.24, 2.45) is 0 Å². The van der Waals surface area contributed by atoms with Gasteiger partial charge in [0.1, 0.15) is 0 Å². The standard InChI is InChI=1S/C21H22ClNO5S/c22-16-3-6-18(7-4-16)29(27,28)23-17-5-8-20-15(13-17)2-1-14(11-12-24)19(20)9-10-21(25)26/h1-4,6-7,9-10,17,23-24H,5,8,11-13H2,(H,25,26)/b10-9+. The van der Waals surface area contributed by atoms with E-state index in [2.05, 4.69) is 4.72 Å². The monoisotopic (exact) mass is 435 g/mol. The molecule has 1 unspecified atom stereocenters. The topological polar surface area (TPSA) is 104 Å². The van der Waals surface area contributed by atoms with Gasteiger partial charge in [-0.25, -0.2) is 17.9 Å². The molecule has 0 saturated heterocycles. The number of fused-ring (bicyclic) bond motifs is 1. The molecule has 29 heavy (non-hydrogen) atoms. The number of carboxylic acids is 1. The van der Waals surface area contributed by atoms with Crippen molar-refractivity contribution in [3.63, 3.8) is 0 Å². The summed E-state index contributed by atoms with van der Waals surface area (Å²) in [5.74, 6) is -1.04. The molecule has 8 heteroatoms. The zero-order valence-corrected chi connectivity index (χ0v) is 17.2. The second kappa shape index (κ2) is 9.09. The summed E-state index contributed by atoms with van der Waals surface area (Å²) < 4.78 is 28.1. The third-order valence-corrected chi connectivity index (χ3v) is 6.76. The minimum absolute atomic E-state index is 0.0315. The molecule has 3 N–H and O–H groups in total. The molecular weight excluding hydrogens is 414 g/mol. The van der Waals surface area contributed by atoms with Gasteiger partial charge in [-0.1, -0.05) is 23.7 Å². The van der Waals surface area contributed by atoms with Gasteiger partial charge >= 0.3 is 5.97 Å². The molecular formula is C21H22ClNO5S. The number of halogens is 1. The van der Waals surface area contributed by atoms with Crippen LogP contribution in [-0.2, 0) is 34.1 Å². The average molecular weight is 436 g/mol. The predicted octanol–water partition coefficient (Wildman–Crippen LogP) is 2.81. The molecule has 0 spiro atoms. The maximum absolute atomic E-state index is 12.6. The summed E-state index contributed by atoms with van der Waals surface area (Å²) in [5, 5.41) is 18.7. The second-order valence-corrected chi connectivity index (χ2v) is 9.09. The molecule has 0 radical (unpaired) electrons. The van der Waals surface area contributed by atoms with Crippen LogP contribution in [-0.4, -0.2) is 37.2 Å². The normalized spacial score (nSPS) is 16.7. The molecule has 154 valence electrons. The first-order valence-electron chi connectivity index (χ1n) is 9.23. The number of rotatable bonds is 7. The number of aliphatic hydroxyl groups excluding tert-OH is 1. The zero-order chi connectivity index (χ0) is 21.0. The lowest BCUT2D eigenvalue weighted by Gasteiger charge is -2.27. The van der Waals surface area contributed by atoms with Crippen molar-refractivity contribution < 1.29 is 23.4 Å². The van der Waals surface area contributed by atoms with E-state index in [1.165, 1.54) is 24.3 Å². The molecule has 6 nitrogen and oxygen atoms in total. The molecule has 1 atom stereocenters. The van der Waals surface area contributed by atoms with Gasteiger partial charge in [0, 0.05) is 23.7 Å². The number of benzene rings is 2. The summed E-state index contributed by atoms with van der Waals surface area (Å²) in [7, 11) is -3.66. The van der Waals surface area contributed by atoms with E-state index in [0.717, 1.165) is 28.3 Å². The van der Waals surface area contributed by atoms with E-state index in [1.54, 1.807) is 6.08 Å². The fourth-order valence-corrected chi connectivity index (χ4v) is 5.03. The molecule has 1 aliphatic carbocycles. The van der Waals surface area contributed by atoms with E-state index in [-0.39, 0.29) is 17.5 Å². The summed E-state index contributed by atoms with van der Waals surface area (Å²) >= 11 is 5.83. The van der Waals surface area contributed by atoms with Gasteiger partial charge in [0.2, 0.25) is 10.0 Å². The lowest BCUT2D eigenvalue weighted by Crippen LogP contribution is -2.39. The largest absolute Gasteiger partial charge is 0.478 e. The summed E-state index contributed by atoms with van der Waals surface area (Å²) in [6.45, 7) is -0.0315. The van der Waals surface area contributed by atoms with Crippen molar-refractivity contribution in [3.05, 3.63) is 69.8 Å². The number of hydrogen-bond donors (Lipinski definition) is 3. The Balaban J connectivity index is 1.84. The van der Waals surface area contributed by atoms with Crippen molar-refractivity contribution in [1.82, 2.24) is 4.72 Å². The number of hydrogen-bond acceptors (Lipinski definition) is 4. The zero-order valence-electron chi connectivity index (χ0n) is 15.6. The number of sulfonamides is 1. The molecule has 0 saturated carbocycles. The van der Waals surface area contributed by atoms with Crippen LogP contribution in [0.3, 0.4) is 0 Å². The van der Waals surface area contributed by atoms with Crippen LogP contribution in [0.4, 0.5) is 0 Å². The molecule has 0 aliphatic heterocycles. The molecule has 2 aromatic carbocycles. The Morgan fingerprint density at radius 1 is 1.21 bits per heavy atom. The molecule has 0 fully saturated rings. The van der Waals surface area contributed by atoms with Crippen LogP contribution < -0.4 is 4.72 Å². The number of aliphatic carboxylic acids is 1. The fraction of sp³-hybridized carbons (Fsp3) is 0.286. The summed E-state index contributed by atoms with van der Waals surface area (Å²) in [6, 6.07) is 9.55. The minimum atomic E-state index is -3.66. The molecule has 1 aliphatic rings. The molecule has 0 heterocycles. The lowest BCUT2D eigenvalue weighted by atomic mass is 9.83. The maximum Gasteiger partial charge on any atom is 0.328 e. The van der Waals surface area contributed by atoms with Gasteiger partial charge in [-0.2, -0.15) is 0 Å². The highest BCUT2D eigenvalue weighted by Crippen LogP contribution is 2.29. The van der Waals surface area contributed by atoms with Crippen molar-refractivity contribution in [1.29, 1.82) is 0 Å². The van der Waals surface area contributed by atoms with Crippen LogP contribution in [0.15, 0.2) is 47.4 Å². The minimum Gasteiger partial charge on any atom is -0.478 e. The van der Waals surface area contributed by atoms with Crippen LogP contribution in [0.2, 0.25) is 5.02 Å². The Morgan fingerprint density at radius 3 is 2.59 bits per heavy atom. The van der Waals surface area contributed by atoms with Crippen LogP contribution in [0.5, 0.6) is 0 Å². The van der Waals surface area contributed by atoms with E-state index < -0.39 is 16.0 Å². The van der Waals surface area contributed by atoms with E-state index in [4.69, 9.17) is 16.7 Å². The van der Waals surface area contributed by atoms with Crippen LogP contribution in [0.25, 0.3) is 6.08 Å². The number of carboxylic acid groups (broad SMARTS) is 1. The highest BCUT2D eigenvalue weighted by molar-refractivity contribution is 7.89. The van der Waals surface area contributed by atoms with Crippen molar-refractivity contribution in [2.45, 2.75) is 36.6 Å². The summed E-state index contributed by atoms with van der Waals surface area (Å²) in [6.07, 6.45) is 4.79. The van der Waals surface area contributed by atoms with E-state index in [9.17, 15) is 18.3 Å². The smallest absolute Gasteiger partial charge is 0.328 e. The van der Waals surface area contributed by atoms with Gasteiger partial charge < -0.3 is 10.2 Å². The Hall–Kier alpha value is -2.19. The molecule has 0 amide bonds. The number of carbonyl (C=O) groups is 1. The van der Waals surface area contributed by atoms with Crippen molar-refractivity contribution >= 4 is 33.7 Å². The highest BCUT2D eigenvalue weighted by atomic mass is 35.5. The van der Waals surface area contributed by atoms with Gasteiger partial charge in [-0.3, -0.25) is 0 Å². The van der Waals surface area contributed by atoms with Gasteiger partial charge in [-0.15, -0.1) is 0 Å². The number of nitrogens with one attached hydrogen (secondary N) is 1. The third kappa shape index (κ3) is 5.25. The fourth-order valence-electron chi connectivity index (χ4n) is 3.63. The van der Waals surface area contributed by atoms with Crippen LogP contribution in [0, 0.1) is 0 Å². The third-order valence-electron chi connectivity index (χ3n) is 4.97. The molecule has 2 aromatic rings. The molecule has 0 bridgehead atoms. The predicted molar refractivity (Wildman–Crippen MR) is 111 cm³/mol. The Morgan fingerprint density at radius 2 is 1.93 bits per heavy atom. The highest BCUT2D eigenvalue weighted by Gasteiger charge is 2.26. The Kier molecular flexibility index (Phi) is 6.74. The van der Waals surface area contributed by atoms with Crippen molar-refractivity contribution in [2.75, 3.05) is 6.61 Å². The summed E-state index contributed by atoms with van der Waals surface area (Å²) in [5.41, 5.74) is 3.67. The van der Waals surface area contributed by atoms with Gasteiger partial charge in [-0.05, 0) is 78.3 Å². The van der Waals surface area contributed by atoms with E-state index in [0.29, 0.717) is 30.7 Å². The van der Waals surface area contributed by atoms with Gasteiger partial charge in [0.25, 0.3) is 0 Å². The first-order valence-corrected chi connectivity index (χ1v) is 11.1. The van der Waals surface area contributed by atoms with Gasteiger partial charge in [0.15, 0.2) is 0 Å². The molecule has 0 aromatic heterocycles. The maximum atomic E-state index is 12.6. The lowest BCUT2D eigenvalue weighted by molar-refractivity contribution is -0.131. The second-order valence-electron chi connectivity index (χ2n) is 6.94. The molecule has 3 rings (SSSR count). The first-order chi connectivity index (χ1) is 13.8. The number of aliphatic hydroxyl groups is 1. The van der Waals surface area contributed by atoms with Crippen molar-refractivity contribution in [3.8, 4) is 0 Å². The van der Waals surface area contributed by atoms with Crippen LogP contribution >= 0.6 is 11.6 Å². The summed E-state index contributed by atoms with van der Waals surface area (Å²) in [4.78, 5) is 11.1. The SMILES string of the molecule is O=C(O)/C=C/c1c(CCO)ccc2c1CCC(NS(=O)(=O)c1ccc(Cl)cc1)C2. The Labute approximate surface area is 174 Å². The quantitative estimate of drug-likeness (QED) is 0.580.